The second-order valence-electron chi connectivity index (χ2n) is 2.90. The topological polar surface area (TPSA) is 12.0 Å². The van der Waals surface area contributed by atoms with Gasteiger partial charge in [0.2, 0.25) is 0 Å². The molecule has 0 aromatic heterocycles. The molecule has 0 bridgehead atoms. The summed E-state index contributed by atoms with van der Waals surface area (Å²) in [5.41, 5.74) is 0. The molecule has 0 aromatic rings. The predicted molar refractivity (Wildman–Crippen MR) is 42.2 cm³/mol. The van der Waals surface area contributed by atoms with Gasteiger partial charge in [0.1, 0.15) is 0 Å². The molecule has 0 rings (SSSR count). The molecular formula is C8H17N. The molecule has 0 heterocycles. The van der Waals surface area contributed by atoms with Crippen molar-refractivity contribution in [2.75, 3.05) is 0 Å². The molecule has 0 aromatic carbocycles. The van der Waals surface area contributed by atoms with Crippen molar-refractivity contribution < 1.29 is 0 Å². The van der Waals surface area contributed by atoms with Gasteiger partial charge in [-0.15, -0.1) is 0 Å². The van der Waals surface area contributed by atoms with Gasteiger partial charge >= 0.3 is 0 Å². The SMILES string of the molecule is C=CN[C@@H](C)CC(C)C. The molecule has 0 unspecified atom stereocenters. The molecule has 1 nitrogen and oxygen atoms in total. The summed E-state index contributed by atoms with van der Waals surface area (Å²) in [4.78, 5) is 0. The molecule has 1 atom stereocenters. The van der Waals surface area contributed by atoms with Crippen LogP contribution in [0.15, 0.2) is 12.8 Å². The van der Waals surface area contributed by atoms with Crippen molar-refractivity contribution in [3.8, 4) is 0 Å². The van der Waals surface area contributed by atoms with E-state index in [-0.39, 0.29) is 0 Å². The summed E-state index contributed by atoms with van der Waals surface area (Å²) in [6.07, 6.45) is 2.97. The van der Waals surface area contributed by atoms with Crippen molar-refractivity contribution in [3.63, 3.8) is 0 Å². The van der Waals surface area contributed by atoms with Crippen LogP contribution in [0.5, 0.6) is 0 Å². The lowest BCUT2D eigenvalue weighted by Gasteiger charge is -2.12. The molecule has 0 radical (unpaired) electrons. The second-order valence-corrected chi connectivity index (χ2v) is 2.90. The first-order valence-corrected chi connectivity index (χ1v) is 3.53. The third-order valence-corrected chi connectivity index (χ3v) is 1.23. The van der Waals surface area contributed by atoms with Crippen molar-refractivity contribution in [1.82, 2.24) is 5.32 Å². The molecule has 0 amide bonds. The summed E-state index contributed by atoms with van der Waals surface area (Å²) in [5.74, 6) is 0.771. The Morgan fingerprint density at radius 3 is 2.33 bits per heavy atom. The first kappa shape index (κ1) is 8.54. The highest BCUT2D eigenvalue weighted by molar-refractivity contribution is 4.70. The number of nitrogens with one attached hydrogen (secondary N) is 1. The van der Waals surface area contributed by atoms with E-state index in [9.17, 15) is 0 Å². The normalized spacial score (nSPS) is 13.3. The lowest BCUT2D eigenvalue weighted by atomic mass is 10.1. The van der Waals surface area contributed by atoms with Gasteiger partial charge in [-0.05, 0) is 25.5 Å². The zero-order chi connectivity index (χ0) is 7.28. The van der Waals surface area contributed by atoms with Crippen LogP contribution in [0.25, 0.3) is 0 Å². The molecular weight excluding hydrogens is 110 g/mol. The Balaban J connectivity index is 3.25. The fourth-order valence-electron chi connectivity index (χ4n) is 0.976. The monoisotopic (exact) mass is 127 g/mol. The third-order valence-electron chi connectivity index (χ3n) is 1.23. The first-order valence-electron chi connectivity index (χ1n) is 3.53. The Labute approximate surface area is 58.2 Å². The zero-order valence-corrected chi connectivity index (χ0v) is 6.65. The number of rotatable bonds is 4. The summed E-state index contributed by atoms with van der Waals surface area (Å²) < 4.78 is 0. The zero-order valence-electron chi connectivity index (χ0n) is 6.65. The minimum absolute atomic E-state index is 0.572. The third kappa shape index (κ3) is 5.41. The molecule has 1 N–H and O–H groups in total. The Morgan fingerprint density at radius 1 is 1.44 bits per heavy atom. The summed E-state index contributed by atoms with van der Waals surface area (Å²) >= 11 is 0. The van der Waals surface area contributed by atoms with Crippen LogP contribution in [0.1, 0.15) is 27.2 Å². The van der Waals surface area contributed by atoms with E-state index < -0.39 is 0 Å². The van der Waals surface area contributed by atoms with Crippen LogP contribution in [0.2, 0.25) is 0 Å². The minimum atomic E-state index is 0.572. The van der Waals surface area contributed by atoms with Gasteiger partial charge in [0, 0.05) is 6.04 Å². The van der Waals surface area contributed by atoms with Gasteiger partial charge in [0.15, 0.2) is 0 Å². The summed E-state index contributed by atoms with van der Waals surface area (Å²) in [7, 11) is 0. The lowest BCUT2D eigenvalue weighted by molar-refractivity contribution is 0.481. The number of hydrogen-bond acceptors (Lipinski definition) is 1. The quantitative estimate of drug-likeness (QED) is 0.610. The molecule has 0 spiro atoms. The summed E-state index contributed by atoms with van der Waals surface area (Å²) in [6, 6.07) is 0.572. The van der Waals surface area contributed by atoms with Crippen molar-refractivity contribution >= 4 is 0 Å². The maximum Gasteiger partial charge on any atom is 0.0229 e. The lowest BCUT2D eigenvalue weighted by Crippen LogP contribution is -2.21. The molecule has 0 aliphatic heterocycles. The Kier molecular flexibility index (Phi) is 4.20. The van der Waals surface area contributed by atoms with Crippen molar-refractivity contribution in [3.05, 3.63) is 12.8 Å². The van der Waals surface area contributed by atoms with Gasteiger partial charge < -0.3 is 5.32 Å². The van der Waals surface area contributed by atoms with E-state index in [1.54, 1.807) is 6.20 Å². The Morgan fingerprint density at radius 2 is 2.00 bits per heavy atom. The average molecular weight is 127 g/mol. The molecule has 0 saturated heterocycles. The van der Waals surface area contributed by atoms with Crippen molar-refractivity contribution in [1.29, 1.82) is 0 Å². The molecule has 0 aliphatic rings. The summed E-state index contributed by atoms with van der Waals surface area (Å²) in [6.45, 7) is 10.2. The molecule has 54 valence electrons. The average Bonchev–Trinajstić information content (AvgIpc) is 1.63. The van der Waals surface area contributed by atoms with Gasteiger partial charge in [-0.2, -0.15) is 0 Å². The molecule has 9 heavy (non-hydrogen) atoms. The van der Waals surface area contributed by atoms with E-state index in [2.05, 4.69) is 32.7 Å². The van der Waals surface area contributed by atoms with Crippen LogP contribution < -0.4 is 5.32 Å². The van der Waals surface area contributed by atoms with Crippen molar-refractivity contribution in [2.24, 2.45) is 5.92 Å². The van der Waals surface area contributed by atoms with Crippen LogP contribution in [0.4, 0.5) is 0 Å². The largest absolute Gasteiger partial charge is 0.389 e. The standard InChI is InChI=1S/C8H17N/c1-5-9-8(4)6-7(2)3/h5,7-9H,1,6H2,2-4H3/t8-/m0/s1. The van der Waals surface area contributed by atoms with Gasteiger partial charge in [-0.3, -0.25) is 0 Å². The highest BCUT2D eigenvalue weighted by atomic mass is 14.9. The van der Waals surface area contributed by atoms with E-state index in [4.69, 9.17) is 0 Å². The summed E-state index contributed by atoms with van der Waals surface area (Å²) in [5, 5.41) is 3.14. The van der Waals surface area contributed by atoms with Gasteiger partial charge in [0.05, 0.1) is 0 Å². The van der Waals surface area contributed by atoms with Crippen LogP contribution >= 0.6 is 0 Å². The van der Waals surface area contributed by atoms with E-state index in [1.807, 2.05) is 0 Å². The van der Waals surface area contributed by atoms with E-state index in [1.165, 1.54) is 6.42 Å². The predicted octanol–water partition coefficient (Wildman–Crippen LogP) is 2.15. The van der Waals surface area contributed by atoms with Crippen LogP contribution in [0.3, 0.4) is 0 Å². The Hall–Kier alpha value is -0.460. The van der Waals surface area contributed by atoms with Crippen LogP contribution in [0, 0.1) is 5.92 Å². The highest BCUT2D eigenvalue weighted by Gasteiger charge is 2.00. The van der Waals surface area contributed by atoms with Gasteiger partial charge in [0.25, 0.3) is 0 Å². The molecule has 1 heteroatoms. The van der Waals surface area contributed by atoms with E-state index in [0.29, 0.717) is 6.04 Å². The Bertz CT molecular complexity index is 76.6. The highest BCUT2D eigenvalue weighted by Crippen LogP contribution is 2.02. The first-order chi connectivity index (χ1) is 4.16. The minimum Gasteiger partial charge on any atom is -0.389 e. The fourth-order valence-corrected chi connectivity index (χ4v) is 0.976. The maximum absolute atomic E-state index is 3.60. The second kappa shape index (κ2) is 4.42. The van der Waals surface area contributed by atoms with Crippen LogP contribution in [-0.2, 0) is 0 Å². The van der Waals surface area contributed by atoms with Crippen molar-refractivity contribution in [2.45, 2.75) is 33.2 Å². The van der Waals surface area contributed by atoms with E-state index >= 15 is 0 Å². The maximum atomic E-state index is 3.60. The van der Waals surface area contributed by atoms with Gasteiger partial charge in [-0.1, -0.05) is 20.4 Å². The van der Waals surface area contributed by atoms with Crippen LogP contribution in [-0.4, -0.2) is 6.04 Å². The smallest absolute Gasteiger partial charge is 0.0229 e. The molecule has 0 saturated carbocycles. The molecule has 0 aliphatic carbocycles. The van der Waals surface area contributed by atoms with E-state index in [0.717, 1.165) is 5.92 Å². The van der Waals surface area contributed by atoms with Gasteiger partial charge in [-0.25, -0.2) is 0 Å². The number of hydrogen-bond donors (Lipinski definition) is 1. The molecule has 0 fully saturated rings. The fraction of sp³-hybridized carbons (Fsp3) is 0.750.